The molecule has 1 aliphatic carbocycles. The predicted octanol–water partition coefficient (Wildman–Crippen LogP) is 1.85. The molecule has 4 heteroatoms. The van der Waals surface area contributed by atoms with Gasteiger partial charge in [0.1, 0.15) is 5.75 Å². The molecule has 0 bridgehead atoms. The van der Waals surface area contributed by atoms with E-state index in [0.717, 1.165) is 25.2 Å². The first-order valence-corrected chi connectivity index (χ1v) is 5.11. The van der Waals surface area contributed by atoms with Crippen LogP contribution in [0.25, 0.3) is 0 Å². The van der Waals surface area contributed by atoms with Gasteiger partial charge in [-0.25, -0.2) is 0 Å². The molecule has 1 aliphatic rings. The van der Waals surface area contributed by atoms with Crippen molar-refractivity contribution < 1.29 is 4.74 Å². The quantitative estimate of drug-likeness (QED) is 0.832. The molecular weight excluding hydrogens is 200 g/mol. The molecule has 0 spiro atoms. The maximum Gasteiger partial charge on any atom is 0.139 e. The van der Waals surface area contributed by atoms with Gasteiger partial charge in [-0.2, -0.15) is 0 Å². The average Bonchev–Trinajstić information content (AvgIpc) is 2.11. The summed E-state index contributed by atoms with van der Waals surface area (Å²) in [6.45, 7) is 0.718. The summed E-state index contributed by atoms with van der Waals surface area (Å²) in [5, 5.41) is 0.604. The van der Waals surface area contributed by atoms with Gasteiger partial charge >= 0.3 is 0 Å². The number of halogens is 1. The second-order valence-corrected chi connectivity index (χ2v) is 4.18. The molecule has 3 nitrogen and oxygen atoms in total. The highest BCUT2D eigenvalue weighted by Gasteiger charge is 2.26. The van der Waals surface area contributed by atoms with Crippen LogP contribution in [0.1, 0.15) is 12.8 Å². The van der Waals surface area contributed by atoms with Gasteiger partial charge in [-0.05, 0) is 18.8 Å². The Morgan fingerprint density at radius 2 is 2.29 bits per heavy atom. The Bertz CT molecular complexity index is 313. The number of hydrogen-bond acceptors (Lipinski definition) is 3. The van der Waals surface area contributed by atoms with Gasteiger partial charge in [0, 0.05) is 18.3 Å². The number of hydrogen-bond donors (Lipinski definition) is 1. The van der Waals surface area contributed by atoms with Crippen LogP contribution in [-0.4, -0.2) is 17.6 Å². The minimum Gasteiger partial charge on any atom is -0.492 e. The SMILES string of the molecule is NC1CC(COc2cncc(Cl)c2)C1. The van der Waals surface area contributed by atoms with Crippen molar-refractivity contribution in [1.82, 2.24) is 4.98 Å². The number of pyridine rings is 1. The molecule has 14 heavy (non-hydrogen) atoms. The smallest absolute Gasteiger partial charge is 0.139 e. The zero-order valence-corrected chi connectivity index (χ0v) is 8.57. The highest BCUT2D eigenvalue weighted by Crippen LogP contribution is 2.26. The van der Waals surface area contributed by atoms with E-state index in [1.807, 2.05) is 0 Å². The Hall–Kier alpha value is -0.800. The molecule has 0 amide bonds. The van der Waals surface area contributed by atoms with Crippen molar-refractivity contribution in [3.8, 4) is 5.75 Å². The monoisotopic (exact) mass is 212 g/mol. The van der Waals surface area contributed by atoms with Gasteiger partial charge in [0.05, 0.1) is 17.8 Å². The first-order chi connectivity index (χ1) is 6.74. The zero-order chi connectivity index (χ0) is 9.97. The Kier molecular flexibility index (Phi) is 2.89. The van der Waals surface area contributed by atoms with Crippen molar-refractivity contribution in [3.63, 3.8) is 0 Å². The first-order valence-electron chi connectivity index (χ1n) is 4.73. The third kappa shape index (κ3) is 2.36. The Balaban J connectivity index is 1.80. The zero-order valence-electron chi connectivity index (χ0n) is 7.82. The van der Waals surface area contributed by atoms with Crippen molar-refractivity contribution in [3.05, 3.63) is 23.5 Å². The van der Waals surface area contributed by atoms with Crippen molar-refractivity contribution in [2.45, 2.75) is 18.9 Å². The van der Waals surface area contributed by atoms with E-state index < -0.39 is 0 Å². The molecular formula is C10H13ClN2O. The van der Waals surface area contributed by atoms with Crippen molar-refractivity contribution >= 4 is 11.6 Å². The standard InChI is InChI=1S/C10H13ClN2O/c11-8-3-10(5-13-4-8)14-6-7-1-9(12)2-7/h3-5,7,9H,1-2,6,12H2. The average molecular weight is 213 g/mol. The lowest BCUT2D eigenvalue weighted by molar-refractivity contribution is 0.159. The fourth-order valence-electron chi connectivity index (χ4n) is 1.61. The number of nitrogens with zero attached hydrogens (tertiary/aromatic N) is 1. The fraction of sp³-hybridized carbons (Fsp3) is 0.500. The van der Waals surface area contributed by atoms with E-state index in [4.69, 9.17) is 22.1 Å². The van der Waals surface area contributed by atoms with Crippen LogP contribution in [0.15, 0.2) is 18.5 Å². The van der Waals surface area contributed by atoms with E-state index in [-0.39, 0.29) is 0 Å². The highest BCUT2D eigenvalue weighted by atomic mass is 35.5. The normalized spacial score (nSPS) is 25.6. The fourth-order valence-corrected chi connectivity index (χ4v) is 1.77. The Morgan fingerprint density at radius 1 is 1.50 bits per heavy atom. The number of aromatic nitrogens is 1. The van der Waals surface area contributed by atoms with Gasteiger partial charge in [0.15, 0.2) is 0 Å². The molecule has 1 saturated carbocycles. The molecule has 0 aromatic carbocycles. The molecule has 0 atom stereocenters. The van der Waals surface area contributed by atoms with Crippen LogP contribution in [-0.2, 0) is 0 Å². The predicted molar refractivity (Wildman–Crippen MR) is 55.4 cm³/mol. The van der Waals surface area contributed by atoms with Crippen LogP contribution < -0.4 is 10.5 Å². The van der Waals surface area contributed by atoms with E-state index >= 15 is 0 Å². The lowest BCUT2D eigenvalue weighted by atomic mass is 9.82. The van der Waals surface area contributed by atoms with Gasteiger partial charge in [-0.3, -0.25) is 4.98 Å². The van der Waals surface area contributed by atoms with Crippen molar-refractivity contribution in [2.24, 2.45) is 11.7 Å². The third-order valence-electron chi connectivity index (χ3n) is 2.44. The number of ether oxygens (including phenoxy) is 1. The van der Waals surface area contributed by atoms with Crippen LogP contribution in [0.2, 0.25) is 5.02 Å². The lowest BCUT2D eigenvalue weighted by Gasteiger charge is -2.31. The van der Waals surface area contributed by atoms with Crippen LogP contribution >= 0.6 is 11.6 Å². The Morgan fingerprint density at radius 3 is 2.93 bits per heavy atom. The number of nitrogens with two attached hydrogens (primary N) is 1. The summed E-state index contributed by atoms with van der Waals surface area (Å²) in [5.41, 5.74) is 5.67. The van der Waals surface area contributed by atoms with Crippen LogP contribution in [0.4, 0.5) is 0 Å². The molecule has 2 rings (SSSR count). The minimum absolute atomic E-state index is 0.376. The summed E-state index contributed by atoms with van der Waals surface area (Å²) < 4.78 is 5.54. The summed E-state index contributed by atoms with van der Waals surface area (Å²) in [6, 6.07) is 2.15. The minimum atomic E-state index is 0.376. The molecule has 0 unspecified atom stereocenters. The summed E-state index contributed by atoms with van der Waals surface area (Å²) in [7, 11) is 0. The van der Waals surface area contributed by atoms with E-state index in [2.05, 4.69) is 4.98 Å². The largest absolute Gasteiger partial charge is 0.492 e. The van der Waals surface area contributed by atoms with Crippen molar-refractivity contribution in [1.29, 1.82) is 0 Å². The second kappa shape index (κ2) is 4.15. The molecule has 2 N–H and O–H groups in total. The maximum absolute atomic E-state index is 5.77. The summed E-state index contributed by atoms with van der Waals surface area (Å²) in [5.74, 6) is 1.34. The van der Waals surface area contributed by atoms with Gasteiger partial charge < -0.3 is 10.5 Å². The van der Waals surface area contributed by atoms with Gasteiger partial charge in [0.2, 0.25) is 0 Å². The van der Waals surface area contributed by atoms with Gasteiger partial charge in [0.25, 0.3) is 0 Å². The van der Waals surface area contributed by atoms with Gasteiger partial charge in [-0.1, -0.05) is 11.6 Å². The van der Waals surface area contributed by atoms with Crippen LogP contribution in [0, 0.1) is 5.92 Å². The van der Waals surface area contributed by atoms with Gasteiger partial charge in [-0.15, -0.1) is 0 Å². The molecule has 0 saturated heterocycles. The van der Waals surface area contributed by atoms with Crippen LogP contribution in [0.5, 0.6) is 5.75 Å². The maximum atomic E-state index is 5.77. The number of rotatable bonds is 3. The molecule has 0 aliphatic heterocycles. The molecule has 1 aromatic heterocycles. The summed E-state index contributed by atoms with van der Waals surface area (Å²) in [6.07, 6.45) is 5.39. The molecule has 1 fully saturated rings. The van der Waals surface area contributed by atoms with E-state index in [1.54, 1.807) is 18.5 Å². The topological polar surface area (TPSA) is 48.1 Å². The summed E-state index contributed by atoms with van der Waals surface area (Å²) in [4.78, 5) is 3.94. The first kappa shape index (κ1) is 9.74. The second-order valence-electron chi connectivity index (χ2n) is 3.75. The molecule has 1 aromatic rings. The Labute approximate surface area is 88.2 Å². The van der Waals surface area contributed by atoms with E-state index in [9.17, 15) is 0 Å². The van der Waals surface area contributed by atoms with Crippen LogP contribution in [0.3, 0.4) is 0 Å². The van der Waals surface area contributed by atoms with Crippen molar-refractivity contribution in [2.75, 3.05) is 6.61 Å². The molecule has 0 radical (unpaired) electrons. The van der Waals surface area contributed by atoms with E-state index in [0.29, 0.717) is 17.0 Å². The highest BCUT2D eigenvalue weighted by molar-refractivity contribution is 6.30. The third-order valence-corrected chi connectivity index (χ3v) is 2.64. The van der Waals surface area contributed by atoms with E-state index in [1.165, 1.54) is 0 Å². The molecule has 1 heterocycles. The summed E-state index contributed by atoms with van der Waals surface area (Å²) >= 11 is 5.77. The lowest BCUT2D eigenvalue weighted by Crippen LogP contribution is -2.39. The molecule has 76 valence electrons.